The summed E-state index contributed by atoms with van der Waals surface area (Å²) in [6.45, 7) is 10.3. The molecule has 2 aromatic rings. The number of nitrogen functional groups attached to an aromatic ring is 1. The summed E-state index contributed by atoms with van der Waals surface area (Å²) in [5.74, 6) is 0.861. The molecule has 0 saturated carbocycles. The van der Waals surface area contributed by atoms with Gasteiger partial charge < -0.3 is 20.4 Å². The van der Waals surface area contributed by atoms with E-state index in [1.165, 1.54) is 19.4 Å². The molecule has 0 bridgehead atoms. The number of likely N-dealkylation sites (tertiary alicyclic amines) is 1. The number of nitrogens with zero attached hydrogens (tertiary/aromatic N) is 4. The summed E-state index contributed by atoms with van der Waals surface area (Å²) < 4.78 is 7.47. The minimum atomic E-state index is -0.187. The highest BCUT2D eigenvalue weighted by atomic mass is 16.5. The zero-order chi connectivity index (χ0) is 19.4. The van der Waals surface area contributed by atoms with Crippen LogP contribution in [0.2, 0.25) is 0 Å². The van der Waals surface area contributed by atoms with E-state index in [-0.39, 0.29) is 23.6 Å². The Morgan fingerprint density at radius 2 is 2.19 bits per heavy atom. The maximum absolute atomic E-state index is 12.5. The average molecular weight is 377 g/mol. The SMILES string of the molecule is CCC[C@H](C)Oc1nc(N)c2[nH]c(=O)n(CCC3CCCN(CC)C3)c2n1. The number of hydrogen-bond donors (Lipinski definition) is 2. The second-order valence-corrected chi connectivity index (χ2v) is 7.58. The van der Waals surface area contributed by atoms with Crippen molar-refractivity contribution in [2.75, 3.05) is 25.4 Å². The number of fused-ring (bicyclic) bond motifs is 1. The van der Waals surface area contributed by atoms with Crippen LogP contribution < -0.4 is 16.2 Å². The Bertz CT molecular complexity index is 814. The molecule has 1 aliphatic rings. The van der Waals surface area contributed by atoms with E-state index in [1.54, 1.807) is 4.57 Å². The van der Waals surface area contributed by atoms with Crippen molar-refractivity contribution in [2.24, 2.45) is 5.92 Å². The molecule has 0 aromatic carbocycles. The molecular weight excluding hydrogens is 344 g/mol. The lowest BCUT2D eigenvalue weighted by Gasteiger charge is -2.31. The molecular formula is C19H32N6O2. The largest absolute Gasteiger partial charge is 0.460 e. The average Bonchev–Trinajstić information content (AvgIpc) is 2.96. The summed E-state index contributed by atoms with van der Waals surface area (Å²) in [6.07, 6.45) is 5.33. The van der Waals surface area contributed by atoms with Gasteiger partial charge in [-0.3, -0.25) is 4.57 Å². The summed E-state index contributed by atoms with van der Waals surface area (Å²) in [4.78, 5) is 26.4. The number of aromatic nitrogens is 4. The fraction of sp³-hybridized carbons (Fsp3) is 0.737. The first-order valence-corrected chi connectivity index (χ1v) is 10.2. The van der Waals surface area contributed by atoms with E-state index in [1.807, 2.05) is 6.92 Å². The smallest absolute Gasteiger partial charge is 0.327 e. The standard InChI is InChI=1S/C19H32N6O2/c1-4-7-13(3)27-18-22-16(20)15-17(23-18)25(19(26)21-15)11-9-14-8-6-10-24(5-2)12-14/h13-14H,4-12H2,1-3H3,(H,21,26)(H2,20,22,23)/t13-,14?/m0/s1. The van der Waals surface area contributed by atoms with Crippen LogP contribution in [0.4, 0.5) is 5.82 Å². The molecule has 8 heteroatoms. The second-order valence-electron chi connectivity index (χ2n) is 7.58. The summed E-state index contributed by atoms with van der Waals surface area (Å²) in [7, 11) is 0. The van der Waals surface area contributed by atoms with Crippen molar-refractivity contribution in [1.29, 1.82) is 0 Å². The Hall–Kier alpha value is -2.09. The number of imidazole rings is 1. The van der Waals surface area contributed by atoms with E-state index in [0.29, 0.717) is 23.6 Å². The minimum absolute atomic E-state index is 0.00762. The number of ether oxygens (including phenoxy) is 1. The molecule has 8 nitrogen and oxygen atoms in total. The Balaban J connectivity index is 1.79. The van der Waals surface area contributed by atoms with Crippen molar-refractivity contribution in [3.8, 4) is 6.01 Å². The van der Waals surface area contributed by atoms with Crippen LogP contribution in [0.25, 0.3) is 11.2 Å². The number of rotatable bonds is 8. The lowest BCUT2D eigenvalue weighted by atomic mass is 9.95. The quantitative estimate of drug-likeness (QED) is 0.733. The van der Waals surface area contributed by atoms with Gasteiger partial charge in [-0.25, -0.2) is 4.79 Å². The van der Waals surface area contributed by atoms with Crippen LogP contribution in [0.3, 0.4) is 0 Å². The van der Waals surface area contributed by atoms with Gasteiger partial charge in [0.25, 0.3) is 0 Å². The molecule has 1 fully saturated rings. The normalized spacial score (nSPS) is 19.4. The first-order chi connectivity index (χ1) is 13.0. The van der Waals surface area contributed by atoms with Crippen LogP contribution in [0.1, 0.15) is 52.9 Å². The fourth-order valence-electron chi connectivity index (χ4n) is 3.92. The molecule has 3 N–H and O–H groups in total. The molecule has 150 valence electrons. The number of aryl methyl sites for hydroxylation is 1. The van der Waals surface area contributed by atoms with Gasteiger partial charge >= 0.3 is 11.7 Å². The van der Waals surface area contributed by atoms with Crippen molar-refractivity contribution < 1.29 is 4.74 Å². The fourth-order valence-corrected chi connectivity index (χ4v) is 3.92. The molecule has 27 heavy (non-hydrogen) atoms. The highest BCUT2D eigenvalue weighted by Crippen LogP contribution is 2.22. The van der Waals surface area contributed by atoms with Gasteiger partial charge in [0, 0.05) is 13.1 Å². The minimum Gasteiger partial charge on any atom is -0.460 e. The van der Waals surface area contributed by atoms with Crippen LogP contribution in [0.5, 0.6) is 6.01 Å². The third-order valence-corrected chi connectivity index (χ3v) is 5.44. The highest BCUT2D eigenvalue weighted by Gasteiger charge is 2.21. The van der Waals surface area contributed by atoms with E-state index in [0.717, 1.165) is 32.4 Å². The van der Waals surface area contributed by atoms with E-state index in [9.17, 15) is 4.79 Å². The van der Waals surface area contributed by atoms with Crippen molar-refractivity contribution >= 4 is 17.0 Å². The summed E-state index contributed by atoms with van der Waals surface area (Å²) in [6, 6.07) is 0.239. The molecule has 0 aliphatic carbocycles. The molecule has 0 radical (unpaired) electrons. The van der Waals surface area contributed by atoms with Crippen LogP contribution >= 0.6 is 0 Å². The van der Waals surface area contributed by atoms with Gasteiger partial charge in [-0.1, -0.05) is 20.3 Å². The molecule has 1 aliphatic heterocycles. The molecule has 3 rings (SSSR count). The zero-order valence-corrected chi connectivity index (χ0v) is 16.7. The number of anilines is 1. The van der Waals surface area contributed by atoms with E-state index < -0.39 is 0 Å². The van der Waals surface area contributed by atoms with Crippen LogP contribution in [-0.2, 0) is 6.54 Å². The van der Waals surface area contributed by atoms with Gasteiger partial charge in [0.1, 0.15) is 5.52 Å². The molecule has 0 spiro atoms. The lowest BCUT2D eigenvalue weighted by molar-refractivity contribution is 0.172. The third-order valence-electron chi connectivity index (χ3n) is 5.44. The molecule has 1 unspecified atom stereocenters. The van der Waals surface area contributed by atoms with Gasteiger partial charge in [-0.2, -0.15) is 9.97 Å². The first-order valence-electron chi connectivity index (χ1n) is 10.2. The van der Waals surface area contributed by atoms with E-state index in [4.69, 9.17) is 10.5 Å². The number of nitrogens with two attached hydrogens (primary N) is 1. The van der Waals surface area contributed by atoms with Gasteiger partial charge in [0.05, 0.1) is 6.10 Å². The number of hydrogen-bond acceptors (Lipinski definition) is 6. The maximum atomic E-state index is 12.5. The maximum Gasteiger partial charge on any atom is 0.327 e. The second kappa shape index (κ2) is 8.73. The molecule has 2 aromatic heterocycles. The van der Waals surface area contributed by atoms with Crippen molar-refractivity contribution in [1.82, 2.24) is 24.4 Å². The highest BCUT2D eigenvalue weighted by molar-refractivity contribution is 5.81. The zero-order valence-electron chi connectivity index (χ0n) is 16.7. The number of piperidine rings is 1. The van der Waals surface area contributed by atoms with Crippen molar-refractivity contribution in [3.05, 3.63) is 10.5 Å². The van der Waals surface area contributed by atoms with Crippen molar-refractivity contribution in [2.45, 2.75) is 65.5 Å². The molecule has 0 amide bonds. The molecule has 2 atom stereocenters. The summed E-state index contributed by atoms with van der Waals surface area (Å²) in [5.41, 5.74) is 6.89. The van der Waals surface area contributed by atoms with Gasteiger partial charge in [0.2, 0.25) is 0 Å². The summed E-state index contributed by atoms with van der Waals surface area (Å²) in [5, 5.41) is 0. The predicted octanol–water partition coefficient (Wildman–Crippen LogP) is 2.39. The molecule has 1 saturated heterocycles. The van der Waals surface area contributed by atoms with Crippen LogP contribution in [-0.4, -0.2) is 50.2 Å². The summed E-state index contributed by atoms with van der Waals surface area (Å²) >= 11 is 0. The van der Waals surface area contributed by atoms with E-state index >= 15 is 0 Å². The Labute approximate surface area is 160 Å². The molecule has 3 heterocycles. The monoisotopic (exact) mass is 376 g/mol. The number of aromatic amines is 1. The number of H-pyrrole nitrogens is 1. The third kappa shape index (κ3) is 4.61. The predicted molar refractivity (Wildman–Crippen MR) is 107 cm³/mol. The van der Waals surface area contributed by atoms with Gasteiger partial charge in [-0.15, -0.1) is 0 Å². The van der Waals surface area contributed by atoms with Crippen LogP contribution in [0.15, 0.2) is 4.79 Å². The Morgan fingerprint density at radius 1 is 1.37 bits per heavy atom. The van der Waals surface area contributed by atoms with Gasteiger partial charge in [0.15, 0.2) is 11.5 Å². The van der Waals surface area contributed by atoms with Crippen LogP contribution in [0, 0.1) is 5.92 Å². The Kier molecular flexibility index (Phi) is 6.36. The lowest BCUT2D eigenvalue weighted by Crippen LogP contribution is -2.35. The van der Waals surface area contributed by atoms with E-state index in [2.05, 4.69) is 33.7 Å². The van der Waals surface area contributed by atoms with Gasteiger partial charge in [-0.05, 0) is 51.6 Å². The topological polar surface area (TPSA) is 102 Å². The van der Waals surface area contributed by atoms with Crippen molar-refractivity contribution in [3.63, 3.8) is 0 Å². The Morgan fingerprint density at radius 3 is 2.93 bits per heavy atom. The number of nitrogens with one attached hydrogen (secondary N) is 1. The first kappa shape index (κ1) is 19.7.